The quantitative estimate of drug-likeness (QED) is 0.807. The molecule has 124 valence electrons. The van der Waals surface area contributed by atoms with Crippen molar-refractivity contribution in [3.05, 3.63) is 47.3 Å². The van der Waals surface area contributed by atoms with E-state index in [4.69, 9.17) is 4.74 Å². The van der Waals surface area contributed by atoms with Gasteiger partial charge in [-0.3, -0.25) is 4.79 Å². The number of ether oxygens (including phenoxy) is 1. The number of hydrogen-bond acceptors (Lipinski definition) is 5. The van der Waals surface area contributed by atoms with Crippen molar-refractivity contribution in [1.29, 1.82) is 0 Å². The zero-order valence-electron chi connectivity index (χ0n) is 14.1. The Bertz CT molecular complexity index is 775. The molecule has 2 aromatic rings. The van der Waals surface area contributed by atoms with Crippen molar-refractivity contribution in [1.82, 2.24) is 9.97 Å². The first kappa shape index (κ1) is 15.1. The predicted molar refractivity (Wildman–Crippen MR) is 91.7 cm³/mol. The van der Waals surface area contributed by atoms with Crippen molar-refractivity contribution in [3.8, 4) is 5.75 Å². The van der Waals surface area contributed by atoms with Crippen molar-refractivity contribution in [2.24, 2.45) is 0 Å². The highest BCUT2D eigenvalue weighted by molar-refractivity contribution is 6.00. The zero-order valence-corrected chi connectivity index (χ0v) is 14.1. The van der Waals surface area contributed by atoms with Gasteiger partial charge in [-0.2, -0.15) is 0 Å². The number of rotatable bonds is 1. The van der Waals surface area contributed by atoms with Crippen LogP contribution >= 0.6 is 0 Å². The average molecular weight is 323 g/mol. The maximum atomic E-state index is 12.5. The summed E-state index contributed by atoms with van der Waals surface area (Å²) in [6, 6.07) is 9.53. The van der Waals surface area contributed by atoms with Gasteiger partial charge in [-0.1, -0.05) is 12.1 Å². The molecule has 4 rings (SSSR count). The van der Waals surface area contributed by atoms with Gasteiger partial charge in [-0.05, 0) is 32.0 Å². The molecule has 5 heteroatoms. The summed E-state index contributed by atoms with van der Waals surface area (Å²) in [5, 5.41) is 0. The SMILES string of the molecule is Cc1cc(C)nc(N2CCC3(CC2)CC(=O)c2ccccc2O3)n1. The summed E-state index contributed by atoms with van der Waals surface area (Å²) in [5.41, 5.74) is 2.30. The molecule has 24 heavy (non-hydrogen) atoms. The number of fused-ring (bicyclic) bond motifs is 1. The molecule has 1 fully saturated rings. The minimum atomic E-state index is -0.374. The van der Waals surface area contributed by atoms with E-state index in [1.807, 2.05) is 44.2 Å². The first-order valence-electron chi connectivity index (χ1n) is 8.43. The molecule has 0 bridgehead atoms. The highest BCUT2D eigenvalue weighted by Crippen LogP contribution is 2.39. The number of hydrogen-bond donors (Lipinski definition) is 0. The number of benzene rings is 1. The van der Waals surface area contributed by atoms with Crippen LogP contribution in [0.4, 0.5) is 5.95 Å². The molecule has 0 aliphatic carbocycles. The lowest BCUT2D eigenvalue weighted by Crippen LogP contribution is -2.51. The van der Waals surface area contributed by atoms with Crippen LogP contribution in [0.5, 0.6) is 5.75 Å². The number of aryl methyl sites for hydroxylation is 2. The Labute approximate surface area is 141 Å². The Hall–Kier alpha value is -2.43. The van der Waals surface area contributed by atoms with Crippen molar-refractivity contribution in [3.63, 3.8) is 0 Å². The molecular formula is C19H21N3O2. The molecule has 0 atom stereocenters. The van der Waals surface area contributed by atoms with E-state index < -0.39 is 0 Å². The number of carbonyl (C=O) groups is 1. The number of para-hydroxylation sites is 1. The van der Waals surface area contributed by atoms with E-state index in [0.29, 0.717) is 12.0 Å². The van der Waals surface area contributed by atoms with Crippen LogP contribution < -0.4 is 9.64 Å². The topological polar surface area (TPSA) is 55.3 Å². The van der Waals surface area contributed by atoms with E-state index in [1.54, 1.807) is 0 Å². The van der Waals surface area contributed by atoms with Crippen LogP contribution in [-0.2, 0) is 0 Å². The van der Waals surface area contributed by atoms with Crippen LogP contribution in [0.15, 0.2) is 30.3 Å². The molecular weight excluding hydrogens is 302 g/mol. The smallest absolute Gasteiger partial charge is 0.225 e. The summed E-state index contributed by atoms with van der Waals surface area (Å²) in [4.78, 5) is 23.8. The van der Waals surface area contributed by atoms with Gasteiger partial charge in [0.15, 0.2) is 5.78 Å². The second-order valence-electron chi connectivity index (χ2n) is 6.82. The molecule has 2 aliphatic rings. The molecule has 2 aliphatic heterocycles. The molecule has 1 spiro atoms. The summed E-state index contributed by atoms with van der Waals surface area (Å²) < 4.78 is 6.27. The van der Waals surface area contributed by atoms with Gasteiger partial charge in [0, 0.05) is 37.3 Å². The Kier molecular flexibility index (Phi) is 3.52. The van der Waals surface area contributed by atoms with Gasteiger partial charge in [0.05, 0.1) is 12.0 Å². The van der Waals surface area contributed by atoms with Crippen molar-refractivity contribution in [2.45, 2.75) is 38.7 Å². The van der Waals surface area contributed by atoms with Crippen LogP contribution in [0.1, 0.15) is 41.0 Å². The van der Waals surface area contributed by atoms with Crippen LogP contribution in [0.2, 0.25) is 0 Å². The van der Waals surface area contributed by atoms with Crippen molar-refractivity contribution < 1.29 is 9.53 Å². The minimum absolute atomic E-state index is 0.188. The molecule has 1 aromatic carbocycles. The van der Waals surface area contributed by atoms with Crippen molar-refractivity contribution in [2.75, 3.05) is 18.0 Å². The lowest BCUT2D eigenvalue weighted by atomic mass is 9.82. The fourth-order valence-corrected chi connectivity index (χ4v) is 3.68. The first-order chi connectivity index (χ1) is 11.5. The third-order valence-corrected chi connectivity index (χ3v) is 4.92. The van der Waals surface area contributed by atoms with Crippen LogP contribution in [-0.4, -0.2) is 34.4 Å². The first-order valence-corrected chi connectivity index (χ1v) is 8.43. The van der Waals surface area contributed by atoms with Gasteiger partial charge in [0.25, 0.3) is 0 Å². The van der Waals surface area contributed by atoms with Gasteiger partial charge in [-0.15, -0.1) is 0 Å². The molecule has 0 unspecified atom stereocenters. The fourth-order valence-electron chi connectivity index (χ4n) is 3.68. The highest BCUT2D eigenvalue weighted by atomic mass is 16.5. The fraction of sp³-hybridized carbons (Fsp3) is 0.421. The third-order valence-electron chi connectivity index (χ3n) is 4.92. The van der Waals surface area contributed by atoms with Gasteiger partial charge in [-0.25, -0.2) is 9.97 Å². The summed E-state index contributed by atoms with van der Waals surface area (Å²) in [5.74, 6) is 1.70. The summed E-state index contributed by atoms with van der Waals surface area (Å²) >= 11 is 0. The molecule has 3 heterocycles. The van der Waals surface area contributed by atoms with Gasteiger partial charge in [0.2, 0.25) is 5.95 Å². The molecule has 0 radical (unpaired) electrons. The second-order valence-corrected chi connectivity index (χ2v) is 6.82. The zero-order chi connectivity index (χ0) is 16.7. The molecule has 5 nitrogen and oxygen atoms in total. The maximum Gasteiger partial charge on any atom is 0.225 e. The second kappa shape index (κ2) is 5.58. The largest absolute Gasteiger partial charge is 0.486 e. The van der Waals surface area contributed by atoms with Crippen LogP contribution in [0.25, 0.3) is 0 Å². The summed E-state index contributed by atoms with van der Waals surface area (Å²) in [6.07, 6.45) is 2.08. The van der Waals surface area contributed by atoms with Gasteiger partial charge < -0.3 is 9.64 Å². The normalized spacial score (nSPS) is 19.1. The third kappa shape index (κ3) is 2.64. The van der Waals surface area contributed by atoms with E-state index in [0.717, 1.165) is 49.0 Å². The van der Waals surface area contributed by atoms with Crippen molar-refractivity contribution >= 4 is 11.7 Å². The standard InChI is InChI=1S/C19H21N3O2/c1-13-11-14(2)21-18(20-13)22-9-7-19(8-10-22)12-16(23)15-5-3-4-6-17(15)24-19/h3-6,11H,7-10,12H2,1-2H3. The number of Topliss-reactive ketones (excluding diaryl/α,β-unsaturated/α-hetero) is 1. The summed E-state index contributed by atoms with van der Waals surface area (Å²) in [6.45, 7) is 5.59. The Balaban J connectivity index is 1.53. The average Bonchev–Trinajstić information content (AvgIpc) is 2.54. The van der Waals surface area contributed by atoms with E-state index in [2.05, 4.69) is 14.9 Å². The Morgan fingerprint density at radius 2 is 1.75 bits per heavy atom. The number of carbonyl (C=O) groups excluding carboxylic acids is 1. The molecule has 1 saturated heterocycles. The number of aromatic nitrogens is 2. The predicted octanol–water partition coefficient (Wildman–Crippen LogP) is 3.10. The Morgan fingerprint density at radius 3 is 2.46 bits per heavy atom. The summed E-state index contributed by atoms with van der Waals surface area (Å²) in [7, 11) is 0. The van der Waals surface area contributed by atoms with Crippen LogP contribution in [0, 0.1) is 13.8 Å². The molecule has 0 amide bonds. The van der Waals surface area contributed by atoms with E-state index >= 15 is 0 Å². The minimum Gasteiger partial charge on any atom is -0.486 e. The Morgan fingerprint density at radius 1 is 1.08 bits per heavy atom. The highest BCUT2D eigenvalue weighted by Gasteiger charge is 2.43. The molecule has 1 aromatic heterocycles. The molecule has 0 N–H and O–H groups in total. The number of nitrogens with zero attached hydrogens (tertiary/aromatic N) is 3. The van der Waals surface area contributed by atoms with Gasteiger partial charge >= 0.3 is 0 Å². The van der Waals surface area contributed by atoms with Gasteiger partial charge in [0.1, 0.15) is 11.4 Å². The number of ketones is 1. The molecule has 0 saturated carbocycles. The lowest BCUT2D eigenvalue weighted by Gasteiger charge is -2.44. The van der Waals surface area contributed by atoms with E-state index in [-0.39, 0.29) is 11.4 Å². The van der Waals surface area contributed by atoms with E-state index in [1.165, 1.54) is 0 Å². The van der Waals surface area contributed by atoms with Crippen LogP contribution in [0.3, 0.4) is 0 Å². The van der Waals surface area contributed by atoms with E-state index in [9.17, 15) is 4.79 Å². The number of anilines is 1. The maximum absolute atomic E-state index is 12.5. The monoisotopic (exact) mass is 323 g/mol. The lowest BCUT2D eigenvalue weighted by molar-refractivity contribution is 0.0230. The number of piperidine rings is 1.